The van der Waals surface area contributed by atoms with Crippen LogP contribution in [0.25, 0.3) is 22.3 Å². The smallest absolute Gasteiger partial charge is 0.252 e. The Morgan fingerprint density at radius 3 is 2.69 bits per heavy atom. The standard InChI is InChI=1S/C24H28N6O2/c1-5-18(30-14-6-12-26-30)11-13-25-24(31)20-15-21(17-7-9-19(32-4)10-8-17)27-23-22(20)16(2)28-29(23)3/h6-10,12,14-15,18H,5,11,13H2,1-4H3,(H,25,31). The van der Waals surface area contributed by atoms with E-state index in [-0.39, 0.29) is 11.9 Å². The topological polar surface area (TPSA) is 86.9 Å². The molecule has 0 radical (unpaired) electrons. The van der Waals surface area contributed by atoms with E-state index in [9.17, 15) is 4.79 Å². The lowest BCUT2D eigenvalue weighted by Crippen LogP contribution is -2.27. The van der Waals surface area contributed by atoms with Gasteiger partial charge in [-0.3, -0.25) is 14.2 Å². The van der Waals surface area contributed by atoms with Crippen LogP contribution < -0.4 is 10.1 Å². The van der Waals surface area contributed by atoms with Gasteiger partial charge in [-0.05, 0) is 56.2 Å². The summed E-state index contributed by atoms with van der Waals surface area (Å²) in [6, 6.07) is 11.7. The molecule has 0 aliphatic heterocycles. The maximum Gasteiger partial charge on any atom is 0.252 e. The van der Waals surface area contributed by atoms with Crippen molar-refractivity contribution < 1.29 is 9.53 Å². The molecule has 166 valence electrons. The van der Waals surface area contributed by atoms with E-state index in [1.165, 1.54) is 0 Å². The molecule has 4 aromatic rings. The summed E-state index contributed by atoms with van der Waals surface area (Å²) in [5, 5.41) is 12.7. The number of nitrogens with zero attached hydrogens (tertiary/aromatic N) is 5. The second-order valence-electron chi connectivity index (χ2n) is 7.78. The molecule has 32 heavy (non-hydrogen) atoms. The second kappa shape index (κ2) is 9.21. The van der Waals surface area contributed by atoms with E-state index in [0.29, 0.717) is 17.8 Å². The zero-order valence-corrected chi connectivity index (χ0v) is 18.9. The summed E-state index contributed by atoms with van der Waals surface area (Å²) in [6.07, 6.45) is 5.49. The molecule has 4 rings (SSSR count). The van der Waals surface area contributed by atoms with Crippen molar-refractivity contribution in [1.82, 2.24) is 29.9 Å². The van der Waals surface area contributed by atoms with E-state index in [2.05, 4.69) is 22.4 Å². The molecule has 0 bridgehead atoms. The number of carbonyl (C=O) groups excluding carboxylic acids is 1. The Kier molecular flexibility index (Phi) is 6.20. The number of amides is 1. The van der Waals surface area contributed by atoms with Crippen molar-refractivity contribution in [2.24, 2.45) is 7.05 Å². The van der Waals surface area contributed by atoms with E-state index in [4.69, 9.17) is 9.72 Å². The number of aryl methyl sites for hydroxylation is 2. The minimum absolute atomic E-state index is 0.126. The van der Waals surface area contributed by atoms with Gasteiger partial charge in [0.2, 0.25) is 0 Å². The van der Waals surface area contributed by atoms with E-state index < -0.39 is 0 Å². The first-order chi connectivity index (χ1) is 15.5. The number of methoxy groups -OCH3 is 1. The van der Waals surface area contributed by atoms with Crippen molar-refractivity contribution in [1.29, 1.82) is 0 Å². The molecule has 0 aliphatic carbocycles. The third-order valence-corrected chi connectivity index (χ3v) is 5.73. The summed E-state index contributed by atoms with van der Waals surface area (Å²) < 4.78 is 8.92. The summed E-state index contributed by atoms with van der Waals surface area (Å²) in [4.78, 5) is 18.0. The average Bonchev–Trinajstić information content (AvgIpc) is 3.44. The number of fused-ring (bicyclic) bond motifs is 1. The monoisotopic (exact) mass is 432 g/mol. The molecular formula is C24H28N6O2. The second-order valence-corrected chi connectivity index (χ2v) is 7.78. The minimum Gasteiger partial charge on any atom is -0.497 e. The Morgan fingerprint density at radius 1 is 1.25 bits per heavy atom. The van der Waals surface area contributed by atoms with Crippen molar-refractivity contribution in [3.8, 4) is 17.0 Å². The molecule has 8 nitrogen and oxygen atoms in total. The van der Waals surface area contributed by atoms with Crippen molar-refractivity contribution >= 4 is 16.9 Å². The van der Waals surface area contributed by atoms with Crippen LogP contribution in [0.4, 0.5) is 0 Å². The predicted molar refractivity (Wildman–Crippen MR) is 124 cm³/mol. The minimum atomic E-state index is -0.126. The largest absolute Gasteiger partial charge is 0.497 e. The molecule has 3 aromatic heterocycles. The van der Waals surface area contributed by atoms with E-state index in [1.807, 2.05) is 61.2 Å². The molecule has 8 heteroatoms. The SMILES string of the molecule is CCC(CCNC(=O)c1cc(-c2ccc(OC)cc2)nc2c1c(C)nn2C)n1cccn1. The highest BCUT2D eigenvalue weighted by Crippen LogP contribution is 2.28. The predicted octanol–water partition coefficient (Wildman–Crippen LogP) is 3.92. The molecule has 0 aliphatic rings. The van der Waals surface area contributed by atoms with Crippen LogP contribution in [-0.2, 0) is 7.05 Å². The highest BCUT2D eigenvalue weighted by atomic mass is 16.5. The molecule has 1 atom stereocenters. The van der Waals surface area contributed by atoms with Gasteiger partial charge >= 0.3 is 0 Å². The summed E-state index contributed by atoms with van der Waals surface area (Å²) >= 11 is 0. The highest BCUT2D eigenvalue weighted by molar-refractivity contribution is 6.07. The number of hydrogen-bond acceptors (Lipinski definition) is 5. The first-order valence-corrected chi connectivity index (χ1v) is 10.8. The molecule has 1 N–H and O–H groups in total. The number of pyridine rings is 1. The Bertz CT molecular complexity index is 1210. The van der Waals surface area contributed by atoms with Crippen LogP contribution in [-0.4, -0.2) is 44.1 Å². The van der Waals surface area contributed by atoms with Gasteiger partial charge in [0.1, 0.15) is 5.75 Å². The summed E-state index contributed by atoms with van der Waals surface area (Å²) in [5.74, 6) is 0.644. The van der Waals surface area contributed by atoms with Gasteiger partial charge in [0, 0.05) is 31.5 Å². The fraction of sp³-hybridized carbons (Fsp3) is 0.333. The van der Waals surface area contributed by atoms with E-state index in [0.717, 1.165) is 40.9 Å². The normalized spacial score (nSPS) is 12.1. The molecule has 0 saturated heterocycles. The maximum absolute atomic E-state index is 13.2. The van der Waals surface area contributed by atoms with Gasteiger partial charge in [-0.2, -0.15) is 10.2 Å². The molecule has 1 aromatic carbocycles. The zero-order valence-electron chi connectivity index (χ0n) is 18.9. The molecule has 0 fully saturated rings. The van der Waals surface area contributed by atoms with Gasteiger partial charge in [0.05, 0.1) is 35.5 Å². The molecule has 0 saturated carbocycles. The van der Waals surface area contributed by atoms with Crippen LogP contribution >= 0.6 is 0 Å². The van der Waals surface area contributed by atoms with E-state index in [1.54, 1.807) is 18.0 Å². The van der Waals surface area contributed by atoms with Crippen molar-refractivity contribution in [2.75, 3.05) is 13.7 Å². The Hall–Kier alpha value is -3.68. The third kappa shape index (κ3) is 4.21. The quantitative estimate of drug-likeness (QED) is 0.456. The summed E-state index contributed by atoms with van der Waals surface area (Å²) in [5.41, 5.74) is 3.67. The highest BCUT2D eigenvalue weighted by Gasteiger charge is 2.19. The molecule has 0 spiro atoms. The molecule has 3 heterocycles. The van der Waals surface area contributed by atoms with Crippen LogP contribution in [0, 0.1) is 6.92 Å². The van der Waals surface area contributed by atoms with Gasteiger partial charge in [-0.1, -0.05) is 6.92 Å². The van der Waals surface area contributed by atoms with E-state index >= 15 is 0 Å². The van der Waals surface area contributed by atoms with Crippen LogP contribution in [0.1, 0.15) is 41.9 Å². The molecule has 1 amide bonds. The van der Waals surface area contributed by atoms with Gasteiger partial charge < -0.3 is 10.1 Å². The van der Waals surface area contributed by atoms with Crippen LogP contribution in [0.2, 0.25) is 0 Å². The van der Waals surface area contributed by atoms with Crippen LogP contribution in [0.5, 0.6) is 5.75 Å². The Balaban J connectivity index is 1.62. The van der Waals surface area contributed by atoms with Gasteiger partial charge in [0.25, 0.3) is 5.91 Å². The third-order valence-electron chi connectivity index (χ3n) is 5.73. The van der Waals surface area contributed by atoms with Gasteiger partial charge in [-0.15, -0.1) is 0 Å². The molecular weight excluding hydrogens is 404 g/mol. The van der Waals surface area contributed by atoms with Gasteiger partial charge in [-0.25, -0.2) is 4.98 Å². The van der Waals surface area contributed by atoms with Crippen molar-refractivity contribution in [2.45, 2.75) is 32.7 Å². The lowest BCUT2D eigenvalue weighted by Gasteiger charge is -2.16. The number of rotatable bonds is 8. The number of benzene rings is 1. The maximum atomic E-state index is 13.2. The Labute approximate surface area is 187 Å². The summed E-state index contributed by atoms with van der Waals surface area (Å²) in [6.45, 7) is 4.58. The lowest BCUT2D eigenvalue weighted by molar-refractivity contribution is 0.0952. The average molecular weight is 433 g/mol. The first-order valence-electron chi connectivity index (χ1n) is 10.8. The van der Waals surface area contributed by atoms with Crippen LogP contribution in [0.3, 0.4) is 0 Å². The van der Waals surface area contributed by atoms with Crippen molar-refractivity contribution in [3.63, 3.8) is 0 Å². The number of hydrogen-bond donors (Lipinski definition) is 1. The number of ether oxygens (including phenoxy) is 1. The fourth-order valence-electron chi connectivity index (χ4n) is 4.00. The number of nitrogens with one attached hydrogen (secondary N) is 1. The number of aromatic nitrogens is 5. The van der Waals surface area contributed by atoms with Crippen LogP contribution in [0.15, 0.2) is 48.8 Å². The molecule has 1 unspecified atom stereocenters. The lowest BCUT2D eigenvalue weighted by atomic mass is 10.0. The zero-order chi connectivity index (χ0) is 22.7. The van der Waals surface area contributed by atoms with Gasteiger partial charge in [0.15, 0.2) is 5.65 Å². The first kappa shape index (κ1) is 21.5. The summed E-state index contributed by atoms with van der Waals surface area (Å²) in [7, 11) is 3.48. The number of carbonyl (C=O) groups is 1. The Morgan fingerprint density at radius 2 is 2.03 bits per heavy atom. The van der Waals surface area contributed by atoms with Crippen molar-refractivity contribution in [3.05, 3.63) is 60.0 Å². The fourth-order valence-corrected chi connectivity index (χ4v) is 4.00.